The first-order chi connectivity index (χ1) is 9.25. The summed E-state index contributed by atoms with van der Waals surface area (Å²) in [5.41, 5.74) is 0.741. The highest BCUT2D eigenvalue weighted by Crippen LogP contribution is 2.19. The van der Waals surface area contributed by atoms with E-state index in [1.807, 2.05) is 7.05 Å². The van der Waals surface area contributed by atoms with Crippen LogP contribution in [0.1, 0.15) is 11.9 Å². The molecule has 0 aliphatic rings. The van der Waals surface area contributed by atoms with Crippen LogP contribution in [-0.2, 0) is 7.05 Å². The second kappa shape index (κ2) is 4.69. The van der Waals surface area contributed by atoms with Crippen molar-refractivity contribution in [2.45, 2.75) is 6.10 Å². The minimum atomic E-state index is -0.725. The van der Waals surface area contributed by atoms with E-state index < -0.39 is 6.10 Å². The van der Waals surface area contributed by atoms with E-state index in [1.165, 1.54) is 12.6 Å². The fraction of sp³-hybridized carbons (Fsp3) is 0.250. The number of aliphatic hydroxyl groups is 1. The van der Waals surface area contributed by atoms with Crippen molar-refractivity contribution >= 4 is 16.9 Å². The van der Waals surface area contributed by atoms with Crippen LogP contribution >= 0.6 is 0 Å². The van der Waals surface area contributed by atoms with Crippen LogP contribution < -0.4 is 5.32 Å². The molecular weight excluding hydrogens is 246 g/mol. The van der Waals surface area contributed by atoms with E-state index in [0.717, 1.165) is 11.0 Å². The average molecular weight is 259 g/mol. The largest absolute Gasteiger partial charge is 0.467 e. The summed E-state index contributed by atoms with van der Waals surface area (Å²) in [5, 5.41) is 17.9. The summed E-state index contributed by atoms with van der Waals surface area (Å²) in [6.45, 7) is 0.300. The highest BCUT2D eigenvalue weighted by molar-refractivity contribution is 5.85. The van der Waals surface area contributed by atoms with Crippen molar-refractivity contribution in [1.29, 1.82) is 0 Å². The van der Waals surface area contributed by atoms with Gasteiger partial charge in [-0.3, -0.25) is 4.68 Å². The van der Waals surface area contributed by atoms with Gasteiger partial charge in [0.2, 0.25) is 0 Å². The molecule has 1 atom stereocenters. The molecule has 0 aliphatic heterocycles. The molecule has 3 aromatic rings. The maximum absolute atomic E-state index is 9.93. The van der Waals surface area contributed by atoms with Crippen LogP contribution in [0.4, 0.5) is 5.82 Å². The lowest BCUT2D eigenvalue weighted by atomic mass is 10.2. The van der Waals surface area contributed by atoms with Crippen molar-refractivity contribution in [2.75, 3.05) is 11.9 Å². The zero-order valence-electron chi connectivity index (χ0n) is 10.3. The monoisotopic (exact) mass is 259 g/mol. The third-order valence-corrected chi connectivity index (χ3v) is 2.86. The quantitative estimate of drug-likeness (QED) is 0.729. The Morgan fingerprint density at radius 2 is 2.37 bits per heavy atom. The molecule has 3 aromatic heterocycles. The Morgan fingerprint density at radius 1 is 1.47 bits per heavy atom. The maximum Gasteiger partial charge on any atom is 0.163 e. The van der Waals surface area contributed by atoms with Gasteiger partial charge in [-0.15, -0.1) is 0 Å². The van der Waals surface area contributed by atoms with Crippen molar-refractivity contribution in [3.05, 3.63) is 36.7 Å². The van der Waals surface area contributed by atoms with Gasteiger partial charge in [-0.05, 0) is 12.1 Å². The molecule has 7 nitrogen and oxygen atoms in total. The summed E-state index contributed by atoms with van der Waals surface area (Å²) in [4.78, 5) is 8.30. The topological polar surface area (TPSA) is 89.0 Å². The number of nitrogens with zero attached hydrogens (tertiary/aromatic N) is 4. The Morgan fingerprint density at radius 3 is 3.16 bits per heavy atom. The van der Waals surface area contributed by atoms with Gasteiger partial charge in [0.15, 0.2) is 5.65 Å². The first-order valence-corrected chi connectivity index (χ1v) is 5.84. The number of aryl methyl sites for hydroxylation is 1. The molecule has 0 saturated carbocycles. The van der Waals surface area contributed by atoms with Crippen molar-refractivity contribution in [1.82, 2.24) is 19.7 Å². The van der Waals surface area contributed by atoms with Gasteiger partial charge in [-0.2, -0.15) is 5.10 Å². The lowest BCUT2D eigenvalue weighted by molar-refractivity contribution is 0.162. The van der Waals surface area contributed by atoms with E-state index in [4.69, 9.17) is 4.42 Å². The molecule has 0 amide bonds. The lowest BCUT2D eigenvalue weighted by Gasteiger charge is -2.10. The summed E-state index contributed by atoms with van der Waals surface area (Å²) >= 11 is 0. The molecule has 3 heterocycles. The Labute approximate surface area is 108 Å². The standard InChI is InChI=1S/C12H13N5O2/c1-17-12-8(5-16-17)11(14-7-15-12)13-6-9(18)10-3-2-4-19-10/h2-5,7,9,18H,6H2,1H3,(H,13,14,15). The van der Waals surface area contributed by atoms with Gasteiger partial charge in [-0.25, -0.2) is 9.97 Å². The molecule has 0 spiro atoms. The van der Waals surface area contributed by atoms with Crippen LogP contribution in [0.25, 0.3) is 11.0 Å². The van der Waals surface area contributed by atoms with Crippen LogP contribution in [0.15, 0.2) is 35.3 Å². The molecule has 1 unspecified atom stereocenters. The smallest absolute Gasteiger partial charge is 0.163 e. The second-order valence-electron chi connectivity index (χ2n) is 4.14. The third kappa shape index (κ3) is 2.15. The minimum absolute atomic E-state index is 0.300. The molecule has 0 radical (unpaired) electrons. The zero-order valence-corrected chi connectivity index (χ0v) is 10.3. The Bertz CT molecular complexity index is 677. The molecular formula is C12H13N5O2. The van der Waals surface area contributed by atoms with Crippen LogP contribution in [0.2, 0.25) is 0 Å². The molecule has 0 fully saturated rings. The van der Waals surface area contributed by atoms with Crippen molar-refractivity contribution in [3.8, 4) is 0 Å². The minimum Gasteiger partial charge on any atom is -0.467 e. The maximum atomic E-state index is 9.93. The van der Waals surface area contributed by atoms with E-state index in [-0.39, 0.29) is 0 Å². The predicted molar refractivity (Wildman–Crippen MR) is 68.5 cm³/mol. The van der Waals surface area contributed by atoms with Gasteiger partial charge in [0.05, 0.1) is 17.8 Å². The summed E-state index contributed by atoms with van der Waals surface area (Å²) in [6, 6.07) is 3.47. The molecule has 19 heavy (non-hydrogen) atoms. The predicted octanol–water partition coefficient (Wildman–Crippen LogP) is 1.10. The van der Waals surface area contributed by atoms with Gasteiger partial charge < -0.3 is 14.8 Å². The number of rotatable bonds is 4. The fourth-order valence-electron chi connectivity index (χ4n) is 1.88. The van der Waals surface area contributed by atoms with Crippen LogP contribution in [0, 0.1) is 0 Å². The molecule has 0 aromatic carbocycles. The number of anilines is 1. The Kier molecular flexibility index (Phi) is 2.88. The Hall–Kier alpha value is -2.41. The van der Waals surface area contributed by atoms with Gasteiger partial charge in [0, 0.05) is 13.6 Å². The van der Waals surface area contributed by atoms with Gasteiger partial charge in [0.25, 0.3) is 0 Å². The average Bonchev–Trinajstić information content (AvgIpc) is 3.07. The SMILES string of the molecule is Cn1ncc2c(NCC(O)c3ccco3)ncnc21. The normalized spacial score (nSPS) is 12.7. The van der Waals surface area contributed by atoms with E-state index in [0.29, 0.717) is 18.1 Å². The number of aliphatic hydroxyl groups excluding tert-OH is 1. The molecule has 7 heteroatoms. The molecule has 0 bridgehead atoms. The van der Waals surface area contributed by atoms with E-state index in [1.54, 1.807) is 23.0 Å². The number of furan rings is 1. The van der Waals surface area contributed by atoms with Gasteiger partial charge in [-0.1, -0.05) is 0 Å². The highest BCUT2D eigenvalue weighted by atomic mass is 16.4. The molecule has 98 valence electrons. The van der Waals surface area contributed by atoms with Crippen molar-refractivity contribution < 1.29 is 9.52 Å². The summed E-state index contributed by atoms with van der Waals surface area (Å²) in [6.07, 6.45) is 3.96. The number of aromatic nitrogens is 4. The molecule has 3 rings (SSSR count). The lowest BCUT2D eigenvalue weighted by Crippen LogP contribution is -2.12. The van der Waals surface area contributed by atoms with Gasteiger partial charge >= 0.3 is 0 Å². The summed E-state index contributed by atoms with van der Waals surface area (Å²) in [5.74, 6) is 1.16. The first kappa shape index (κ1) is 11.7. The van der Waals surface area contributed by atoms with E-state index in [2.05, 4.69) is 20.4 Å². The number of nitrogens with one attached hydrogen (secondary N) is 1. The van der Waals surface area contributed by atoms with Crippen LogP contribution in [0.5, 0.6) is 0 Å². The van der Waals surface area contributed by atoms with E-state index >= 15 is 0 Å². The fourth-order valence-corrected chi connectivity index (χ4v) is 1.88. The number of hydrogen-bond acceptors (Lipinski definition) is 6. The first-order valence-electron chi connectivity index (χ1n) is 5.84. The van der Waals surface area contributed by atoms with Crippen molar-refractivity contribution in [3.63, 3.8) is 0 Å². The van der Waals surface area contributed by atoms with E-state index in [9.17, 15) is 5.11 Å². The van der Waals surface area contributed by atoms with Crippen LogP contribution in [0.3, 0.4) is 0 Å². The second-order valence-corrected chi connectivity index (χ2v) is 4.14. The molecule has 0 aliphatic carbocycles. The number of hydrogen-bond donors (Lipinski definition) is 2. The number of fused-ring (bicyclic) bond motifs is 1. The zero-order chi connectivity index (χ0) is 13.2. The summed E-state index contributed by atoms with van der Waals surface area (Å²) in [7, 11) is 1.82. The highest BCUT2D eigenvalue weighted by Gasteiger charge is 2.12. The molecule has 0 saturated heterocycles. The van der Waals surface area contributed by atoms with Gasteiger partial charge in [0.1, 0.15) is 24.0 Å². The van der Waals surface area contributed by atoms with Crippen LogP contribution in [-0.4, -0.2) is 31.4 Å². The summed E-state index contributed by atoms with van der Waals surface area (Å²) < 4.78 is 6.81. The third-order valence-electron chi connectivity index (χ3n) is 2.86. The van der Waals surface area contributed by atoms with Crippen molar-refractivity contribution in [2.24, 2.45) is 7.05 Å². The molecule has 2 N–H and O–H groups in total. The Balaban J connectivity index is 1.79.